The van der Waals surface area contributed by atoms with E-state index >= 15 is 0 Å². The number of nitrogens with one attached hydrogen (secondary N) is 1. The zero-order valence-corrected chi connectivity index (χ0v) is 16.4. The van der Waals surface area contributed by atoms with Crippen LogP contribution in [0.2, 0.25) is 0 Å². The molecule has 10 heteroatoms. The SMILES string of the molecule is CCOC(=O)c1c(C)oc2ncn(CCC(=O)Nc3ccc4c(c3)OCO4)c(=O)c12. The van der Waals surface area contributed by atoms with E-state index in [1.807, 2.05) is 0 Å². The lowest BCUT2D eigenvalue weighted by molar-refractivity contribution is -0.116. The van der Waals surface area contributed by atoms with E-state index in [9.17, 15) is 14.4 Å². The van der Waals surface area contributed by atoms with Crippen LogP contribution in [0.25, 0.3) is 11.1 Å². The van der Waals surface area contributed by atoms with Gasteiger partial charge in [0.15, 0.2) is 11.5 Å². The number of amides is 1. The van der Waals surface area contributed by atoms with Crippen molar-refractivity contribution in [1.82, 2.24) is 9.55 Å². The second-order valence-electron chi connectivity index (χ2n) is 6.54. The largest absolute Gasteiger partial charge is 0.462 e. The Morgan fingerprint density at radius 2 is 2.07 bits per heavy atom. The van der Waals surface area contributed by atoms with E-state index in [0.717, 1.165) is 0 Å². The number of ether oxygens (including phenoxy) is 3. The molecule has 1 aliphatic heterocycles. The third kappa shape index (κ3) is 3.59. The molecule has 1 aromatic carbocycles. The molecule has 0 aliphatic carbocycles. The second-order valence-corrected chi connectivity index (χ2v) is 6.54. The lowest BCUT2D eigenvalue weighted by Gasteiger charge is -2.08. The molecule has 1 amide bonds. The number of anilines is 1. The van der Waals surface area contributed by atoms with E-state index in [-0.39, 0.29) is 54.7 Å². The molecule has 1 aliphatic rings. The zero-order chi connectivity index (χ0) is 21.3. The molecule has 3 aromatic rings. The van der Waals surface area contributed by atoms with Crippen molar-refractivity contribution < 1.29 is 28.2 Å². The monoisotopic (exact) mass is 413 g/mol. The maximum Gasteiger partial charge on any atom is 0.342 e. The van der Waals surface area contributed by atoms with Gasteiger partial charge in [-0.2, -0.15) is 0 Å². The molecule has 30 heavy (non-hydrogen) atoms. The number of carbonyl (C=O) groups is 2. The summed E-state index contributed by atoms with van der Waals surface area (Å²) in [5.74, 6) is 0.486. The van der Waals surface area contributed by atoms with Crippen LogP contribution in [0.5, 0.6) is 11.5 Å². The molecule has 0 atom stereocenters. The summed E-state index contributed by atoms with van der Waals surface area (Å²) in [6.07, 6.45) is 1.31. The number of hydrogen-bond donors (Lipinski definition) is 1. The molecule has 3 heterocycles. The lowest BCUT2D eigenvalue weighted by Crippen LogP contribution is -2.24. The van der Waals surface area contributed by atoms with Crippen LogP contribution in [-0.2, 0) is 16.1 Å². The average Bonchev–Trinajstić information content (AvgIpc) is 3.31. The van der Waals surface area contributed by atoms with Crippen molar-refractivity contribution in [3.8, 4) is 11.5 Å². The van der Waals surface area contributed by atoms with Gasteiger partial charge in [0.2, 0.25) is 18.4 Å². The third-order valence-electron chi connectivity index (χ3n) is 4.57. The molecule has 0 fully saturated rings. The van der Waals surface area contributed by atoms with Crippen LogP contribution in [-0.4, -0.2) is 34.8 Å². The molecule has 0 unspecified atom stereocenters. The maximum atomic E-state index is 12.9. The van der Waals surface area contributed by atoms with Crippen molar-refractivity contribution in [2.75, 3.05) is 18.7 Å². The number of furan rings is 1. The van der Waals surface area contributed by atoms with Crippen molar-refractivity contribution in [1.29, 1.82) is 0 Å². The Kier molecular flexibility index (Phi) is 5.13. The molecule has 0 radical (unpaired) electrons. The predicted octanol–water partition coefficient (Wildman–Crippen LogP) is 2.23. The number of fused-ring (bicyclic) bond motifs is 2. The van der Waals surface area contributed by atoms with E-state index in [1.165, 1.54) is 10.9 Å². The van der Waals surface area contributed by atoms with E-state index in [0.29, 0.717) is 17.2 Å². The number of benzene rings is 1. The minimum atomic E-state index is -0.647. The first kappa shape index (κ1) is 19.5. The summed E-state index contributed by atoms with van der Waals surface area (Å²) < 4.78 is 22.2. The highest BCUT2D eigenvalue weighted by Gasteiger charge is 2.24. The zero-order valence-electron chi connectivity index (χ0n) is 16.4. The molecule has 0 saturated heterocycles. The highest BCUT2D eigenvalue weighted by molar-refractivity contribution is 6.03. The number of rotatable bonds is 6. The maximum absolute atomic E-state index is 12.9. The molecule has 2 aromatic heterocycles. The van der Waals surface area contributed by atoms with E-state index in [4.69, 9.17) is 18.6 Å². The number of aromatic nitrogens is 2. The molecular formula is C20H19N3O7. The van der Waals surface area contributed by atoms with Gasteiger partial charge in [0, 0.05) is 24.7 Å². The van der Waals surface area contributed by atoms with Crippen molar-refractivity contribution in [2.45, 2.75) is 26.8 Å². The molecule has 10 nitrogen and oxygen atoms in total. The molecule has 0 bridgehead atoms. The Labute approximate surface area is 170 Å². The van der Waals surface area contributed by atoms with Gasteiger partial charge in [-0.1, -0.05) is 0 Å². The van der Waals surface area contributed by atoms with Crippen LogP contribution in [0.3, 0.4) is 0 Å². The van der Waals surface area contributed by atoms with Crippen LogP contribution >= 0.6 is 0 Å². The average molecular weight is 413 g/mol. The van der Waals surface area contributed by atoms with Gasteiger partial charge >= 0.3 is 5.97 Å². The molecule has 0 spiro atoms. The van der Waals surface area contributed by atoms with Gasteiger partial charge in [0.05, 0.1) is 6.61 Å². The second kappa shape index (κ2) is 7.90. The fraction of sp³-hybridized carbons (Fsp3) is 0.300. The van der Waals surface area contributed by atoms with Gasteiger partial charge in [-0.05, 0) is 26.0 Å². The minimum absolute atomic E-state index is 0.0209. The molecular weight excluding hydrogens is 394 g/mol. The smallest absolute Gasteiger partial charge is 0.342 e. The Bertz CT molecular complexity index is 1200. The Hall–Kier alpha value is -3.82. The normalized spacial score (nSPS) is 12.2. The van der Waals surface area contributed by atoms with Crippen LogP contribution < -0.4 is 20.3 Å². The fourth-order valence-electron chi connectivity index (χ4n) is 3.17. The van der Waals surface area contributed by atoms with Crippen molar-refractivity contribution in [2.24, 2.45) is 0 Å². The molecule has 1 N–H and O–H groups in total. The quantitative estimate of drug-likeness (QED) is 0.611. The van der Waals surface area contributed by atoms with Crippen LogP contribution in [0, 0.1) is 6.92 Å². The predicted molar refractivity (Wildman–Crippen MR) is 105 cm³/mol. The number of nitrogens with zero attached hydrogens (tertiary/aromatic N) is 2. The standard InChI is InChI=1S/C20H19N3O7/c1-3-27-20(26)16-11(2)30-18-17(16)19(25)23(9-21-18)7-6-15(24)22-12-4-5-13-14(8-12)29-10-28-13/h4-5,8-9H,3,6-7,10H2,1-2H3,(H,22,24). The highest BCUT2D eigenvalue weighted by atomic mass is 16.7. The Morgan fingerprint density at radius 1 is 1.27 bits per heavy atom. The van der Waals surface area contributed by atoms with E-state index < -0.39 is 11.5 Å². The van der Waals surface area contributed by atoms with Gasteiger partial charge in [-0.25, -0.2) is 9.78 Å². The van der Waals surface area contributed by atoms with Crippen LogP contribution in [0.15, 0.2) is 33.7 Å². The van der Waals surface area contributed by atoms with Gasteiger partial charge < -0.3 is 23.9 Å². The summed E-state index contributed by atoms with van der Waals surface area (Å²) in [7, 11) is 0. The van der Waals surface area contributed by atoms with Crippen molar-refractivity contribution in [3.63, 3.8) is 0 Å². The lowest BCUT2D eigenvalue weighted by atomic mass is 10.2. The number of hydrogen-bond acceptors (Lipinski definition) is 8. The van der Waals surface area contributed by atoms with Gasteiger partial charge in [0.25, 0.3) is 5.56 Å². The molecule has 156 valence electrons. The first-order valence-electron chi connectivity index (χ1n) is 9.33. The van der Waals surface area contributed by atoms with E-state index in [2.05, 4.69) is 10.3 Å². The summed E-state index contributed by atoms with van der Waals surface area (Å²) in [5.41, 5.74) is 0.195. The van der Waals surface area contributed by atoms with Crippen LogP contribution in [0.1, 0.15) is 29.5 Å². The number of esters is 1. The summed E-state index contributed by atoms with van der Waals surface area (Å²) in [5, 5.41) is 2.79. The first-order valence-corrected chi connectivity index (χ1v) is 9.33. The summed E-state index contributed by atoms with van der Waals surface area (Å²) in [6, 6.07) is 5.07. The number of aryl methyl sites for hydroxylation is 2. The topological polar surface area (TPSA) is 122 Å². The Balaban J connectivity index is 1.50. The van der Waals surface area contributed by atoms with Gasteiger partial charge in [0.1, 0.15) is 23.0 Å². The fourth-order valence-corrected chi connectivity index (χ4v) is 3.17. The number of carbonyl (C=O) groups excluding carboxylic acids is 2. The summed E-state index contributed by atoms with van der Waals surface area (Å²) in [4.78, 5) is 41.5. The van der Waals surface area contributed by atoms with Crippen molar-refractivity contribution in [3.05, 3.63) is 46.2 Å². The minimum Gasteiger partial charge on any atom is -0.462 e. The van der Waals surface area contributed by atoms with Gasteiger partial charge in [-0.15, -0.1) is 0 Å². The molecule has 0 saturated carbocycles. The van der Waals surface area contributed by atoms with E-state index in [1.54, 1.807) is 32.0 Å². The third-order valence-corrected chi connectivity index (χ3v) is 4.57. The van der Waals surface area contributed by atoms with Crippen molar-refractivity contribution >= 4 is 28.7 Å². The highest BCUT2D eigenvalue weighted by Crippen LogP contribution is 2.34. The van der Waals surface area contributed by atoms with Gasteiger partial charge in [-0.3, -0.25) is 14.2 Å². The first-order chi connectivity index (χ1) is 14.5. The summed E-state index contributed by atoms with van der Waals surface area (Å²) in [6.45, 7) is 3.62. The summed E-state index contributed by atoms with van der Waals surface area (Å²) >= 11 is 0. The van der Waals surface area contributed by atoms with Crippen LogP contribution in [0.4, 0.5) is 5.69 Å². The Morgan fingerprint density at radius 3 is 2.87 bits per heavy atom. The molecule has 4 rings (SSSR count).